The summed E-state index contributed by atoms with van der Waals surface area (Å²) < 4.78 is 12.0. The molecule has 0 fully saturated rings. The van der Waals surface area contributed by atoms with Gasteiger partial charge in [0.15, 0.2) is 0 Å². The number of para-hydroxylation sites is 1. The number of carbonyl (C=O) groups is 2. The maximum absolute atomic E-state index is 12.9. The van der Waals surface area contributed by atoms with Gasteiger partial charge >= 0.3 is 5.97 Å². The molecule has 3 aromatic carbocycles. The fourth-order valence-corrected chi connectivity index (χ4v) is 4.40. The molecule has 8 nitrogen and oxygen atoms in total. The largest absolute Gasteiger partial charge is 0.493 e. The zero-order chi connectivity index (χ0) is 27.9. The van der Waals surface area contributed by atoms with E-state index in [0.29, 0.717) is 36.8 Å². The predicted molar refractivity (Wildman–Crippen MR) is 151 cm³/mol. The molecule has 0 unspecified atom stereocenters. The van der Waals surface area contributed by atoms with Gasteiger partial charge in [0.1, 0.15) is 17.2 Å². The summed E-state index contributed by atoms with van der Waals surface area (Å²) in [5.74, 6) is 0.744. The summed E-state index contributed by atoms with van der Waals surface area (Å²) in [6, 6.07) is 26.4. The van der Waals surface area contributed by atoms with Crippen LogP contribution in [0.15, 0.2) is 89.3 Å². The van der Waals surface area contributed by atoms with Crippen molar-refractivity contribution in [1.29, 1.82) is 0 Å². The first-order valence-electron chi connectivity index (χ1n) is 13.1. The molecule has 0 aliphatic rings. The monoisotopic (exact) mass is 535 g/mol. The van der Waals surface area contributed by atoms with Crippen LogP contribution in [0.25, 0.3) is 22.4 Å². The van der Waals surface area contributed by atoms with Gasteiger partial charge in [0.05, 0.1) is 17.8 Å². The lowest BCUT2D eigenvalue weighted by Gasteiger charge is -2.14. The predicted octanol–water partition coefficient (Wildman–Crippen LogP) is 5.77. The number of hydrogen-bond acceptors (Lipinski definition) is 6. The number of aliphatic carboxylic acids is 1. The Bertz CT molecular complexity index is 1650. The van der Waals surface area contributed by atoms with Gasteiger partial charge in [-0.1, -0.05) is 54.6 Å². The molecule has 0 atom stereocenters. The van der Waals surface area contributed by atoms with Crippen LogP contribution >= 0.6 is 0 Å². The van der Waals surface area contributed by atoms with Gasteiger partial charge in [-0.25, -0.2) is 9.97 Å². The number of rotatable bonds is 11. The van der Waals surface area contributed by atoms with E-state index in [4.69, 9.17) is 14.3 Å². The lowest BCUT2D eigenvalue weighted by molar-refractivity contribution is -0.136. The minimum absolute atomic E-state index is 0.0161. The van der Waals surface area contributed by atoms with Crippen molar-refractivity contribution in [1.82, 2.24) is 15.3 Å². The number of oxazole rings is 1. The molecule has 0 saturated heterocycles. The van der Waals surface area contributed by atoms with Crippen molar-refractivity contribution in [3.8, 4) is 17.2 Å². The number of amides is 1. The number of nitrogens with zero attached hydrogens (tertiary/aromatic N) is 2. The SMILES string of the molecule is Cc1oc(-c2ccccc2)nc1CCOc1ccc(CCC(=O)O)cc1CNC(=O)c1ccc2ccccc2n1. The van der Waals surface area contributed by atoms with Gasteiger partial charge in [-0.05, 0) is 49.2 Å². The summed E-state index contributed by atoms with van der Waals surface area (Å²) in [6.07, 6.45) is 0.932. The maximum atomic E-state index is 12.9. The molecule has 40 heavy (non-hydrogen) atoms. The van der Waals surface area contributed by atoms with Gasteiger partial charge < -0.3 is 19.6 Å². The molecule has 1 amide bonds. The molecule has 0 aliphatic carbocycles. The summed E-state index contributed by atoms with van der Waals surface area (Å²) in [5.41, 5.74) is 4.39. The van der Waals surface area contributed by atoms with Crippen molar-refractivity contribution >= 4 is 22.8 Å². The molecule has 0 saturated carbocycles. The molecule has 0 spiro atoms. The highest BCUT2D eigenvalue weighted by Crippen LogP contribution is 2.24. The van der Waals surface area contributed by atoms with Crippen LogP contribution in [-0.4, -0.2) is 33.6 Å². The zero-order valence-electron chi connectivity index (χ0n) is 22.1. The van der Waals surface area contributed by atoms with Gasteiger partial charge in [0, 0.05) is 35.9 Å². The van der Waals surface area contributed by atoms with Crippen molar-refractivity contribution in [2.24, 2.45) is 0 Å². The van der Waals surface area contributed by atoms with Crippen LogP contribution in [0.5, 0.6) is 5.75 Å². The Labute approximate surface area is 231 Å². The third-order valence-electron chi connectivity index (χ3n) is 6.53. The Kier molecular flexibility index (Phi) is 8.15. The van der Waals surface area contributed by atoms with Crippen LogP contribution < -0.4 is 10.1 Å². The van der Waals surface area contributed by atoms with Gasteiger partial charge in [0.25, 0.3) is 5.91 Å². The van der Waals surface area contributed by atoms with E-state index >= 15 is 0 Å². The van der Waals surface area contributed by atoms with Gasteiger partial charge in [-0.2, -0.15) is 0 Å². The molecule has 2 aromatic heterocycles. The molecule has 5 rings (SSSR count). The molecular formula is C32H29N3O5. The topological polar surface area (TPSA) is 115 Å². The van der Waals surface area contributed by atoms with E-state index in [-0.39, 0.29) is 18.9 Å². The fourth-order valence-electron chi connectivity index (χ4n) is 4.40. The third-order valence-corrected chi connectivity index (χ3v) is 6.53. The second-order valence-corrected chi connectivity index (χ2v) is 9.39. The van der Waals surface area contributed by atoms with Crippen molar-refractivity contribution in [2.75, 3.05) is 6.61 Å². The number of nitrogens with one attached hydrogen (secondary N) is 1. The fraction of sp³-hybridized carbons (Fsp3) is 0.188. The molecule has 5 aromatic rings. The highest BCUT2D eigenvalue weighted by Gasteiger charge is 2.14. The van der Waals surface area contributed by atoms with Gasteiger partial charge in [0.2, 0.25) is 5.89 Å². The van der Waals surface area contributed by atoms with Crippen LogP contribution in [0.4, 0.5) is 0 Å². The Hall–Kier alpha value is -4.98. The first-order chi connectivity index (χ1) is 19.5. The Morgan fingerprint density at radius 1 is 0.925 bits per heavy atom. The van der Waals surface area contributed by atoms with Crippen molar-refractivity contribution in [2.45, 2.75) is 32.7 Å². The standard InChI is InChI=1S/C32H29N3O5/c1-21-26(35-32(40-21)24-8-3-2-4-9-24)17-18-39-29-15-11-22(12-16-30(36)37)19-25(29)20-33-31(38)28-14-13-23-7-5-6-10-27(23)34-28/h2-11,13-15,19H,12,16-18,20H2,1H3,(H,33,38)(H,36,37). The second-order valence-electron chi connectivity index (χ2n) is 9.39. The number of aromatic nitrogens is 2. The Balaban J connectivity index is 1.28. The van der Waals surface area contributed by atoms with Crippen molar-refractivity contribution in [3.63, 3.8) is 0 Å². The number of carboxylic acid groups (broad SMARTS) is 1. The highest BCUT2D eigenvalue weighted by atomic mass is 16.5. The summed E-state index contributed by atoms with van der Waals surface area (Å²) in [7, 11) is 0. The molecule has 0 bridgehead atoms. The summed E-state index contributed by atoms with van der Waals surface area (Å²) in [6.45, 7) is 2.43. The lowest BCUT2D eigenvalue weighted by atomic mass is 10.1. The number of carboxylic acids is 1. The molecule has 8 heteroatoms. The number of benzene rings is 3. The maximum Gasteiger partial charge on any atom is 0.303 e. The minimum Gasteiger partial charge on any atom is -0.493 e. The van der Waals surface area contributed by atoms with E-state index in [1.807, 2.05) is 85.8 Å². The molecular weight excluding hydrogens is 506 g/mol. The first-order valence-corrected chi connectivity index (χ1v) is 13.1. The number of hydrogen-bond donors (Lipinski definition) is 2. The minimum atomic E-state index is -0.865. The summed E-state index contributed by atoms with van der Waals surface area (Å²) >= 11 is 0. The highest BCUT2D eigenvalue weighted by molar-refractivity contribution is 5.94. The van der Waals surface area contributed by atoms with Crippen LogP contribution in [0.1, 0.15) is 39.5 Å². The third kappa shape index (κ3) is 6.53. The summed E-state index contributed by atoms with van der Waals surface area (Å²) in [4.78, 5) is 33.1. The van der Waals surface area contributed by atoms with E-state index in [1.54, 1.807) is 6.07 Å². The number of carbonyl (C=O) groups excluding carboxylic acids is 1. The lowest BCUT2D eigenvalue weighted by Crippen LogP contribution is -2.24. The smallest absolute Gasteiger partial charge is 0.303 e. The zero-order valence-corrected chi connectivity index (χ0v) is 22.1. The van der Waals surface area contributed by atoms with Crippen LogP contribution in [0.2, 0.25) is 0 Å². The van der Waals surface area contributed by atoms with E-state index in [1.165, 1.54) is 0 Å². The number of ether oxygens (including phenoxy) is 1. The number of aryl methyl sites for hydroxylation is 2. The normalized spacial score (nSPS) is 10.9. The van der Waals surface area contributed by atoms with E-state index in [0.717, 1.165) is 39.0 Å². The quantitative estimate of drug-likeness (QED) is 0.221. The molecule has 2 N–H and O–H groups in total. The van der Waals surface area contributed by atoms with E-state index in [2.05, 4.69) is 15.3 Å². The Morgan fingerprint density at radius 3 is 2.55 bits per heavy atom. The first kappa shape index (κ1) is 26.6. The average Bonchev–Trinajstić information content (AvgIpc) is 3.35. The molecule has 2 heterocycles. The Morgan fingerprint density at radius 2 is 1.73 bits per heavy atom. The number of pyridine rings is 1. The molecule has 0 aliphatic heterocycles. The molecule has 202 valence electrons. The van der Waals surface area contributed by atoms with E-state index < -0.39 is 5.97 Å². The van der Waals surface area contributed by atoms with E-state index in [9.17, 15) is 9.59 Å². The van der Waals surface area contributed by atoms with Crippen molar-refractivity contribution in [3.05, 3.63) is 113 Å². The number of fused-ring (bicyclic) bond motifs is 1. The van der Waals surface area contributed by atoms with Crippen LogP contribution in [0.3, 0.4) is 0 Å². The average molecular weight is 536 g/mol. The van der Waals surface area contributed by atoms with Crippen LogP contribution in [-0.2, 0) is 24.2 Å². The molecule has 0 radical (unpaired) electrons. The van der Waals surface area contributed by atoms with Crippen molar-refractivity contribution < 1.29 is 23.8 Å². The van der Waals surface area contributed by atoms with Gasteiger partial charge in [-0.3, -0.25) is 9.59 Å². The summed E-state index contributed by atoms with van der Waals surface area (Å²) in [5, 5.41) is 13.0. The van der Waals surface area contributed by atoms with Gasteiger partial charge in [-0.15, -0.1) is 0 Å². The second kappa shape index (κ2) is 12.3. The van der Waals surface area contributed by atoms with Crippen LogP contribution in [0, 0.1) is 6.92 Å².